The number of rotatable bonds is 11. The lowest BCUT2D eigenvalue weighted by Gasteiger charge is -2.35. The fourth-order valence-electron chi connectivity index (χ4n) is 5.18. The molecule has 1 atom stereocenters. The van der Waals surface area contributed by atoms with Crippen LogP contribution < -0.4 is 9.62 Å². The Hall–Kier alpha value is -2.78. The number of hydrogen-bond acceptors (Lipinski definition) is 4. The topological polar surface area (TPSA) is 86.8 Å². The zero-order chi connectivity index (χ0) is 30.3. The monoisotopic (exact) mass is 649 g/mol. The van der Waals surface area contributed by atoms with Crippen LogP contribution in [0.2, 0.25) is 15.1 Å². The summed E-state index contributed by atoms with van der Waals surface area (Å²) < 4.78 is 26.8. The number of sulfonamides is 1. The molecule has 0 radical (unpaired) electrons. The van der Waals surface area contributed by atoms with Crippen LogP contribution in [-0.4, -0.2) is 50.0 Å². The number of nitrogens with zero attached hydrogens (tertiary/aromatic N) is 2. The highest BCUT2D eigenvalue weighted by Gasteiger charge is 2.34. The first kappa shape index (κ1) is 32.1. The molecule has 42 heavy (non-hydrogen) atoms. The molecule has 1 aliphatic carbocycles. The molecule has 0 bridgehead atoms. The molecule has 1 fully saturated rings. The minimum Gasteiger partial charge on any atom is -0.352 e. The Labute approximate surface area is 262 Å². The molecule has 1 aliphatic rings. The van der Waals surface area contributed by atoms with Gasteiger partial charge in [0.25, 0.3) is 0 Å². The molecule has 0 unspecified atom stereocenters. The lowest BCUT2D eigenvalue weighted by Crippen LogP contribution is -2.55. The molecular weight excluding hydrogens is 617 g/mol. The van der Waals surface area contributed by atoms with Crippen molar-refractivity contribution in [1.29, 1.82) is 0 Å². The zero-order valence-electron chi connectivity index (χ0n) is 23.3. The van der Waals surface area contributed by atoms with Crippen molar-refractivity contribution in [2.75, 3.05) is 17.1 Å². The first-order valence-corrected chi connectivity index (χ1v) is 16.8. The number of amides is 2. The fraction of sp³-hybridized carbons (Fsp3) is 0.355. The molecule has 224 valence electrons. The molecule has 0 aliphatic heterocycles. The fourth-order valence-corrected chi connectivity index (χ4v) is 6.66. The second-order valence-electron chi connectivity index (χ2n) is 10.6. The van der Waals surface area contributed by atoms with Crippen molar-refractivity contribution in [3.05, 3.63) is 99.0 Å². The summed E-state index contributed by atoms with van der Waals surface area (Å²) >= 11 is 18.5. The number of hydrogen-bond donors (Lipinski definition) is 1. The van der Waals surface area contributed by atoms with E-state index < -0.39 is 28.5 Å². The van der Waals surface area contributed by atoms with Gasteiger partial charge >= 0.3 is 0 Å². The number of anilines is 1. The highest BCUT2D eigenvalue weighted by Crippen LogP contribution is 2.28. The van der Waals surface area contributed by atoms with Crippen molar-refractivity contribution in [1.82, 2.24) is 10.2 Å². The molecule has 0 heterocycles. The van der Waals surface area contributed by atoms with E-state index in [4.69, 9.17) is 34.8 Å². The maximum atomic E-state index is 14.2. The SMILES string of the molecule is CS(=O)(=O)N(CC(=O)N(Cc1ccc(Cl)cc1)[C@@H](Cc1ccccc1)C(=O)NC1CCCCC1)c1cc(Cl)cc(Cl)c1. The molecule has 1 N–H and O–H groups in total. The first-order valence-electron chi connectivity index (χ1n) is 13.8. The molecule has 4 rings (SSSR count). The number of benzene rings is 3. The van der Waals surface area contributed by atoms with E-state index in [0.717, 1.165) is 53.8 Å². The number of carbonyl (C=O) groups is 2. The average molecular weight is 651 g/mol. The Morgan fingerprint density at radius 2 is 1.48 bits per heavy atom. The van der Waals surface area contributed by atoms with Crippen LogP contribution >= 0.6 is 34.8 Å². The van der Waals surface area contributed by atoms with E-state index in [9.17, 15) is 18.0 Å². The molecule has 3 aromatic rings. The van der Waals surface area contributed by atoms with Crippen molar-refractivity contribution in [2.24, 2.45) is 0 Å². The Morgan fingerprint density at radius 1 is 0.857 bits per heavy atom. The summed E-state index contributed by atoms with van der Waals surface area (Å²) in [5.41, 5.74) is 1.77. The second-order valence-corrected chi connectivity index (χ2v) is 13.8. The molecule has 0 spiro atoms. The molecule has 2 amide bonds. The van der Waals surface area contributed by atoms with Crippen molar-refractivity contribution in [3.8, 4) is 0 Å². The van der Waals surface area contributed by atoms with Crippen LogP contribution in [0.25, 0.3) is 0 Å². The van der Waals surface area contributed by atoms with Gasteiger partial charge in [-0.15, -0.1) is 0 Å². The second kappa shape index (κ2) is 14.6. The Bertz CT molecular complexity index is 1460. The Balaban J connectivity index is 1.73. The van der Waals surface area contributed by atoms with Crippen LogP contribution in [0.15, 0.2) is 72.8 Å². The number of nitrogens with one attached hydrogen (secondary N) is 1. The van der Waals surface area contributed by atoms with Gasteiger partial charge in [0, 0.05) is 34.1 Å². The maximum absolute atomic E-state index is 14.2. The van der Waals surface area contributed by atoms with E-state index in [1.807, 2.05) is 30.3 Å². The molecular formula is C31H34Cl3N3O4S. The van der Waals surface area contributed by atoms with Crippen LogP contribution in [-0.2, 0) is 32.6 Å². The third kappa shape index (κ3) is 9.11. The van der Waals surface area contributed by atoms with E-state index in [2.05, 4.69) is 5.32 Å². The number of carbonyl (C=O) groups excluding carboxylic acids is 2. The molecule has 0 saturated heterocycles. The normalized spacial score (nSPS) is 14.7. The largest absolute Gasteiger partial charge is 0.352 e. The standard InChI is InChI=1S/C31H34Cl3N3O4S/c1-42(40,41)37(28-18-25(33)17-26(34)19-28)21-30(38)36(20-23-12-14-24(32)15-13-23)29(16-22-8-4-2-5-9-22)31(39)35-27-10-6-3-7-11-27/h2,4-5,8-9,12-15,17-19,27,29H,3,6-7,10-11,16,20-21H2,1H3,(H,35,39)/t29-/m0/s1. The summed E-state index contributed by atoms with van der Waals surface area (Å²) in [5.74, 6) is -0.823. The van der Waals surface area contributed by atoms with Gasteiger partial charge in [-0.05, 0) is 54.3 Å². The Morgan fingerprint density at radius 3 is 2.07 bits per heavy atom. The molecule has 3 aromatic carbocycles. The summed E-state index contributed by atoms with van der Waals surface area (Å²) in [7, 11) is -3.94. The van der Waals surface area contributed by atoms with Gasteiger partial charge in [0.15, 0.2) is 0 Å². The highest BCUT2D eigenvalue weighted by atomic mass is 35.5. The van der Waals surface area contributed by atoms with Crippen LogP contribution in [0, 0.1) is 0 Å². The van der Waals surface area contributed by atoms with Crippen molar-refractivity contribution < 1.29 is 18.0 Å². The van der Waals surface area contributed by atoms with E-state index in [1.54, 1.807) is 24.3 Å². The minimum absolute atomic E-state index is 0.0260. The van der Waals surface area contributed by atoms with E-state index in [0.29, 0.717) is 5.02 Å². The van der Waals surface area contributed by atoms with E-state index in [-0.39, 0.29) is 40.6 Å². The quantitative estimate of drug-likeness (QED) is 0.257. The summed E-state index contributed by atoms with van der Waals surface area (Å²) in [4.78, 5) is 29.6. The first-order chi connectivity index (χ1) is 20.0. The lowest BCUT2D eigenvalue weighted by molar-refractivity contribution is -0.140. The summed E-state index contributed by atoms with van der Waals surface area (Å²) in [5, 5.41) is 4.17. The van der Waals surface area contributed by atoms with Gasteiger partial charge in [-0.3, -0.25) is 13.9 Å². The van der Waals surface area contributed by atoms with Gasteiger partial charge in [-0.1, -0.05) is 96.5 Å². The molecule has 0 aromatic heterocycles. The van der Waals surface area contributed by atoms with Gasteiger partial charge in [0.05, 0.1) is 11.9 Å². The predicted octanol–water partition coefficient (Wildman–Crippen LogP) is 6.50. The molecule has 11 heteroatoms. The van der Waals surface area contributed by atoms with Gasteiger partial charge < -0.3 is 10.2 Å². The average Bonchev–Trinajstić information content (AvgIpc) is 2.94. The zero-order valence-corrected chi connectivity index (χ0v) is 26.4. The summed E-state index contributed by atoms with van der Waals surface area (Å²) in [6.45, 7) is -0.482. The third-order valence-electron chi connectivity index (χ3n) is 7.30. The summed E-state index contributed by atoms with van der Waals surface area (Å²) in [6, 6.07) is 19.9. The van der Waals surface area contributed by atoms with Crippen LogP contribution in [0.4, 0.5) is 5.69 Å². The van der Waals surface area contributed by atoms with Crippen molar-refractivity contribution in [2.45, 2.75) is 57.2 Å². The highest BCUT2D eigenvalue weighted by molar-refractivity contribution is 7.92. The van der Waals surface area contributed by atoms with Gasteiger partial charge in [-0.25, -0.2) is 8.42 Å². The summed E-state index contributed by atoms with van der Waals surface area (Å²) in [6.07, 6.45) is 6.23. The third-order valence-corrected chi connectivity index (χ3v) is 9.13. The predicted molar refractivity (Wildman–Crippen MR) is 170 cm³/mol. The van der Waals surface area contributed by atoms with Crippen molar-refractivity contribution in [3.63, 3.8) is 0 Å². The van der Waals surface area contributed by atoms with Crippen molar-refractivity contribution >= 4 is 62.3 Å². The van der Waals surface area contributed by atoms with Gasteiger partial charge in [0.2, 0.25) is 21.8 Å². The smallest absolute Gasteiger partial charge is 0.244 e. The maximum Gasteiger partial charge on any atom is 0.244 e. The lowest BCUT2D eigenvalue weighted by atomic mass is 9.94. The Kier molecular flexibility index (Phi) is 11.2. The molecule has 7 nitrogen and oxygen atoms in total. The van der Waals surface area contributed by atoms with Gasteiger partial charge in [0.1, 0.15) is 12.6 Å². The van der Waals surface area contributed by atoms with E-state index >= 15 is 0 Å². The van der Waals surface area contributed by atoms with Crippen LogP contribution in [0.3, 0.4) is 0 Å². The van der Waals surface area contributed by atoms with E-state index in [1.165, 1.54) is 23.1 Å². The minimum atomic E-state index is -3.94. The number of halogens is 3. The van der Waals surface area contributed by atoms with Crippen LogP contribution in [0.5, 0.6) is 0 Å². The van der Waals surface area contributed by atoms with Crippen LogP contribution in [0.1, 0.15) is 43.2 Å². The van der Waals surface area contributed by atoms with Gasteiger partial charge in [-0.2, -0.15) is 0 Å². The molecule has 1 saturated carbocycles.